The Bertz CT molecular complexity index is 1030. The molecule has 1 saturated heterocycles. The Morgan fingerprint density at radius 3 is 1.94 bits per heavy atom. The van der Waals surface area contributed by atoms with Gasteiger partial charge in [-0.05, 0) is 61.4 Å². The van der Waals surface area contributed by atoms with E-state index in [4.69, 9.17) is 0 Å². The zero-order valence-corrected chi connectivity index (χ0v) is 19.1. The van der Waals surface area contributed by atoms with Crippen LogP contribution in [0.1, 0.15) is 55.9 Å². The SMILES string of the molecule is CC(C)(C)NC(=O)CNC(=O)N1CCC(=C2c3ccccc3C=Cc3ccccc32)CC1. The van der Waals surface area contributed by atoms with Crippen molar-refractivity contribution in [3.63, 3.8) is 0 Å². The van der Waals surface area contributed by atoms with Crippen molar-refractivity contribution >= 4 is 29.7 Å². The maximum absolute atomic E-state index is 12.6. The van der Waals surface area contributed by atoms with Gasteiger partial charge in [-0.2, -0.15) is 0 Å². The van der Waals surface area contributed by atoms with Crippen LogP contribution < -0.4 is 10.6 Å². The molecule has 0 bridgehead atoms. The minimum absolute atomic E-state index is 0.00697. The lowest BCUT2D eigenvalue weighted by Gasteiger charge is -2.31. The van der Waals surface area contributed by atoms with Crippen molar-refractivity contribution in [3.8, 4) is 0 Å². The van der Waals surface area contributed by atoms with E-state index in [-0.39, 0.29) is 24.0 Å². The molecule has 2 N–H and O–H groups in total. The van der Waals surface area contributed by atoms with Crippen LogP contribution in [0.4, 0.5) is 4.79 Å². The number of rotatable bonds is 2. The molecule has 1 heterocycles. The predicted octanol–water partition coefficient (Wildman–Crippen LogP) is 4.69. The lowest BCUT2D eigenvalue weighted by atomic mass is 9.86. The van der Waals surface area contributed by atoms with Gasteiger partial charge in [0.15, 0.2) is 0 Å². The number of amides is 3. The summed E-state index contributed by atoms with van der Waals surface area (Å²) in [6, 6.07) is 16.8. The molecule has 5 heteroatoms. The molecule has 2 aromatic rings. The van der Waals surface area contributed by atoms with E-state index in [0.717, 1.165) is 12.8 Å². The highest BCUT2D eigenvalue weighted by Crippen LogP contribution is 2.38. The van der Waals surface area contributed by atoms with Crippen molar-refractivity contribution in [1.82, 2.24) is 15.5 Å². The van der Waals surface area contributed by atoms with Gasteiger partial charge in [-0.25, -0.2) is 4.79 Å². The average molecular weight is 430 g/mol. The predicted molar refractivity (Wildman–Crippen MR) is 130 cm³/mol. The van der Waals surface area contributed by atoms with Gasteiger partial charge in [0.2, 0.25) is 5.91 Å². The molecule has 2 aliphatic rings. The summed E-state index contributed by atoms with van der Waals surface area (Å²) in [5, 5.41) is 5.63. The minimum atomic E-state index is -0.311. The van der Waals surface area contributed by atoms with Crippen LogP contribution in [0.3, 0.4) is 0 Å². The van der Waals surface area contributed by atoms with Crippen LogP contribution in [0.25, 0.3) is 17.7 Å². The molecule has 0 unspecified atom stereocenters. The second-order valence-corrected chi connectivity index (χ2v) is 9.43. The number of benzene rings is 2. The molecule has 0 atom stereocenters. The van der Waals surface area contributed by atoms with Gasteiger partial charge in [0, 0.05) is 18.6 Å². The van der Waals surface area contributed by atoms with Crippen LogP contribution >= 0.6 is 0 Å². The third-order valence-electron chi connectivity index (χ3n) is 5.83. The number of hydrogen-bond donors (Lipinski definition) is 2. The molecule has 5 nitrogen and oxygen atoms in total. The van der Waals surface area contributed by atoms with E-state index >= 15 is 0 Å². The van der Waals surface area contributed by atoms with Crippen molar-refractivity contribution in [2.75, 3.05) is 19.6 Å². The van der Waals surface area contributed by atoms with E-state index in [1.807, 2.05) is 20.8 Å². The second kappa shape index (κ2) is 9.03. The van der Waals surface area contributed by atoms with Crippen molar-refractivity contribution < 1.29 is 9.59 Å². The number of carbonyl (C=O) groups excluding carboxylic acids is 2. The van der Waals surface area contributed by atoms with Crippen LogP contribution in [0.2, 0.25) is 0 Å². The largest absolute Gasteiger partial charge is 0.350 e. The summed E-state index contributed by atoms with van der Waals surface area (Å²) in [4.78, 5) is 26.4. The summed E-state index contributed by atoms with van der Waals surface area (Å²) < 4.78 is 0. The molecule has 1 aliphatic carbocycles. The second-order valence-electron chi connectivity index (χ2n) is 9.43. The molecule has 166 valence electrons. The summed E-state index contributed by atoms with van der Waals surface area (Å²) in [5.41, 5.74) is 7.30. The van der Waals surface area contributed by atoms with Gasteiger partial charge in [0.05, 0.1) is 6.54 Å². The molecule has 3 amide bonds. The standard InChI is InChI=1S/C27H31N3O2/c1-27(2,3)29-24(31)18-28-26(32)30-16-14-21(15-17-30)25-22-10-6-4-8-19(22)12-13-20-9-5-7-11-23(20)25/h4-13H,14-18H2,1-3H3,(H,28,32)(H,29,31). The molecule has 32 heavy (non-hydrogen) atoms. The van der Waals surface area contributed by atoms with Crippen LogP contribution in [-0.4, -0.2) is 42.0 Å². The fraction of sp³-hybridized carbons (Fsp3) is 0.333. The number of nitrogens with one attached hydrogen (secondary N) is 2. The molecule has 2 aromatic carbocycles. The van der Waals surface area contributed by atoms with Crippen LogP contribution in [0.5, 0.6) is 0 Å². The minimum Gasteiger partial charge on any atom is -0.350 e. The van der Waals surface area contributed by atoms with E-state index in [9.17, 15) is 9.59 Å². The fourth-order valence-corrected chi connectivity index (χ4v) is 4.41. The Morgan fingerprint density at radius 2 is 1.41 bits per heavy atom. The van der Waals surface area contributed by atoms with Gasteiger partial charge in [-0.3, -0.25) is 4.79 Å². The summed E-state index contributed by atoms with van der Waals surface area (Å²) in [5.74, 6) is -0.176. The van der Waals surface area contributed by atoms with Crippen LogP contribution in [-0.2, 0) is 4.79 Å². The number of hydrogen-bond acceptors (Lipinski definition) is 2. The van der Waals surface area contributed by atoms with E-state index in [0.29, 0.717) is 13.1 Å². The number of fused-ring (bicyclic) bond motifs is 2. The van der Waals surface area contributed by atoms with Gasteiger partial charge < -0.3 is 15.5 Å². The molecule has 0 saturated carbocycles. The molecule has 0 spiro atoms. The highest BCUT2D eigenvalue weighted by molar-refractivity contribution is 5.95. The highest BCUT2D eigenvalue weighted by atomic mass is 16.2. The quantitative estimate of drug-likeness (QED) is 0.621. The van der Waals surface area contributed by atoms with Gasteiger partial charge >= 0.3 is 6.03 Å². The van der Waals surface area contributed by atoms with Gasteiger partial charge in [-0.15, -0.1) is 0 Å². The summed E-state index contributed by atoms with van der Waals surface area (Å²) in [7, 11) is 0. The Labute approximate surface area is 190 Å². The van der Waals surface area contributed by atoms with Gasteiger partial charge in [0.25, 0.3) is 0 Å². The lowest BCUT2D eigenvalue weighted by molar-refractivity contribution is -0.121. The molecule has 1 fully saturated rings. The number of nitrogens with zero attached hydrogens (tertiary/aromatic N) is 1. The van der Waals surface area contributed by atoms with E-state index in [1.165, 1.54) is 33.4 Å². The number of piperidine rings is 1. The third kappa shape index (κ3) is 4.93. The first kappa shape index (κ1) is 21.9. The highest BCUT2D eigenvalue weighted by Gasteiger charge is 2.25. The molecular weight excluding hydrogens is 398 g/mol. The van der Waals surface area contributed by atoms with Crippen LogP contribution in [0.15, 0.2) is 54.1 Å². The Morgan fingerprint density at radius 1 is 0.875 bits per heavy atom. The molecule has 4 rings (SSSR count). The lowest BCUT2D eigenvalue weighted by Crippen LogP contribution is -2.49. The summed E-state index contributed by atoms with van der Waals surface area (Å²) >= 11 is 0. The van der Waals surface area contributed by atoms with Crippen molar-refractivity contribution in [3.05, 3.63) is 76.4 Å². The third-order valence-corrected chi connectivity index (χ3v) is 5.83. The van der Waals surface area contributed by atoms with E-state index in [2.05, 4.69) is 71.3 Å². The van der Waals surface area contributed by atoms with E-state index < -0.39 is 0 Å². The van der Waals surface area contributed by atoms with Crippen molar-refractivity contribution in [2.45, 2.75) is 39.2 Å². The Kier molecular flexibility index (Phi) is 6.17. The monoisotopic (exact) mass is 429 g/mol. The summed E-state index contributed by atoms with van der Waals surface area (Å²) in [6.07, 6.45) is 6.01. The fourth-order valence-electron chi connectivity index (χ4n) is 4.41. The maximum Gasteiger partial charge on any atom is 0.317 e. The summed E-state index contributed by atoms with van der Waals surface area (Å²) in [6.45, 7) is 7.04. The maximum atomic E-state index is 12.6. The normalized spacial score (nSPS) is 15.5. The number of likely N-dealkylation sites (tertiary alicyclic amines) is 1. The van der Waals surface area contributed by atoms with Gasteiger partial charge in [0.1, 0.15) is 0 Å². The molecule has 1 aliphatic heterocycles. The zero-order chi connectivity index (χ0) is 22.7. The van der Waals surface area contributed by atoms with Crippen LogP contribution in [0, 0.1) is 0 Å². The Balaban J connectivity index is 1.50. The van der Waals surface area contributed by atoms with Crippen molar-refractivity contribution in [2.24, 2.45) is 0 Å². The molecular formula is C27H31N3O2. The first-order chi connectivity index (χ1) is 15.3. The van der Waals surface area contributed by atoms with E-state index in [1.54, 1.807) is 4.90 Å². The first-order valence-electron chi connectivity index (χ1n) is 11.2. The topological polar surface area (TPSA) is 61.4 Å². The Hall–Kier alpha value is -3.34. The first-order valence-corrected chi connectivity index (χ1v) is 11.2. The van der Waals surface area contributed by atoms with Gasteiger partial charge in [-0.1, -0.05) is 66.3 Å². The smallest absolute Gasteiger partial charge is 0.317 e. The number of urea groups is 1. The molecule has 0 aromatic heterocycles. The van der Waals surface area contributed by atoms with Crippen molar-refractivity contribution in [1.29, 1.82) is 0 Å². The number of carbonyl (C=O) groups is 2. The average Bonchev–Trinajstić information content (AvgIpc) is 2.93. The molecule has 0 radical (unpaired) electrons. The zero-order valence-electron chi connectivity index (χ0n) is 19.1.